The van der Waals surface area contributed by atoms with Gasteiger partial charge in [0.05, 0.1) is 5.71 Å². The van der Waals surface area contributed by atoms with Gasteiger partial charge >= 0.3 is 0 Å². The molecule has 0 aliphatic carbocycles. The summed E-state index contributed by atoms with van der Waals surface area (Å²) >= 11 is 1.67. The number of nitrogens with zero attached hydrogens (tertiary/aromatic N) is 1. The second-order valence-corrected chi connectivity index (χ2v) is 5.26. The van der Waals surface area contributed by atoms with Gasteiger partial charge in [-0.05, 0) is 23.8 Å². The topological polar surface area (TPSA) is 41.5 Å². The van der Waals surface area contributed by atoms with E-state index in [4.69, 9.17) is 0 Å². The molecule has 2 aromatic carbocycles. The van der Waals surface area contributed by atoms with Crippen molar-refractivity contribution in [1.82, 2.24) is 5.43 Å². The normalized spacial score (nSPS) is 11.0. The van der Waals surface area contributed by atoms with Gasteiger partial charge in [0, 0.05) is 10.6 Å². The minimum atomic E-state index is -0.312. The van der Waals surface area contributed by atoms with Gasteiger partial charge in [-0.25, -0.2) is 5.43 Å². The summed E-state index contributed by atoms with van der Waals surface area (Å²) in [4.78, 5) is 12.4. The van der Waals surface area contributed by atoms with Crippen LogP contribution in [0.5, 0.6) is 0 Å². The molecule has 2 aromatic rings. The molecule has 0 radical (unpaired) electrons. The van der Waals surface area contributed by atoms with Crippen molar-refractivity contribution in [1.29, 1.82) is 0 Å². The van der Waals surface area contributed by atoms with E-state index in [2.05, 4.69) is 29.2 Å². The van der Waals surface area contributed by atoms with Crippen molar-refractivity contribution in [3.05, 3.63) is 78.9 Å². The van der Waals surface area contributed by atoms with Crippen LogP contribution < -0.4 is 5.43 Å². The molecule has 0 aliphatic heterocycles. The van der Waals surface area contributed by atoms with Gasteiger partial charge in [0.2, 0.25) is 0 Å². The molecular weight excluding hydrogens is 280 g/mol. The Labute approximate surface area is 128 Å². The van der Waals surface area contributed by atoms with Crippen molar-refractivity contribution in [3.8, 4) is 0 Å². The van der Waals surface area contributed by atoms with E-state index in [1.54, 1.807) is 11.8 Å². The van der Waals surface area contributed by atoms with E-state index < -0.39 is 0 Å². The monoisotopic (exact) mass is 296 g/mol. The second kappa shape index (κ2) is 8.07. The third-order valence-corrected chi connectivity index (χ3v) is 3.74. The molecule has 0 fully saturated rings. The van der Waals surface area contributed by atoms with E-state index in [0.29, 0.717) is 5.75 Å². The molecule has 4 heteroatoms. The number of thioether (sulfide) groups is 1. The molecule has 1 amide bonds. The van der Waals surface area contributed by atoms with Crippen molar-refractivity contribution < 1.29 is 4.79 Å². The molecule has 2 rings (SSSR count). The quantitative estimate of drug-likeness (QED) is 0.384. The Hall–Kier alpha value is -2.33. The minimum Gasteiger partial charge on any atom is -0.268 e. The van der Waals surface area contributed by atoms with Crippen molar-refractivity contribution in [2.75, 3.05) is 5.75 Å². The van der Waals surface area contributed by atoms with Crippen LogP contribution in [0.2, 0.25) is 0 Å². The maximum Gasteiger partial charge on any atom is 0.263 e. The molecule has 1 N–H and O–H groups in total. The van der Waals surface area contributed by atoms with Crippen molar-refractivity contribution >= 4 is 23.4 Å². The van der Waals surface area contributed by atoms with E-state index in [0.717, 1.165) is 16.2 Å². The Morgan fingerprint density at radius 2 is 1.71 bits per heavy atom. The molecule has 0 spiro atoms. The first kappa shape index (κ1) is 15.1. The third-order valence-electron chi connectivity index (χ3n) is 2.71. The molecule has 0 heterocycles. The number of carbonyl (C=O) groups is 1. The minimum absolute atomic E-state index is 0.312. The van der Waals surface area contributed by atoms with Gasteiger partial charge in [-0.1, -0.05) is 55.1 Å². The number of hydrogen-bond donors (Lipinski definition) is 1. The summed E-state index contributed by atoms with van der Waals surface area (Å²) in [6.45, 7) is 3.42. The van der Waals surface area contributed by atoms with Crippen molar-refractivity contribution in [2.45, 2.75) is 4.90 Å². The largest absolute Gasteiger partial charge is 0.268 e. The predicted molar refractivity (Wildman–Crippen MR) is 88.5 cm³/mol. The fraction of sp³-hybridized carbons (Fsp3) is 0.0588. The zero-order valence-corrected chi connectivity index (χ0v) is 12.3. The van der Waals surface area contributed by atoms with E-state index in [9.17, 15) is 4.79 Å². The average Bonchev–Trinajstić information content (AvgIpc) is 2.56. The highest BCUT2D eigenvalue weighted by molar-refractivity contribution is 8.00. The van der Waals surface area contributed by atoms with E-state index >= 15 is 0 Å². The van der Waals surface area contributed by atoms with Gasteiger partial charge in [0.1, 0.15) is 0 Å². The number of hydrazone groups is 1. The maximum atomic E-state index is 11.3. The van der Waals surface area contributed by atoms with Crippen molar-refractivity contribution in [3.63, 3.8) is 0 Å². The molecule has 0 bridgehead atoms. The molecular formula is C17H16N2OS. The fourth-order valence-electron chi connectivity index (χ4n) is 1.65. The molecule has 21 heavy (non-hydrogen) atoms. The number of benzene rings is 2. The molecule has 0 atom stereocenters. The van der Waals surface area contributed by atoms with Crippen LogP contribution in [-0.2, 0) is 4.79 Å². The highest BCUT2D eigenvalue weighted by atomic mass is 32.2. The summed E-state index contributed by atoms with van der Waals surface area (Å²) in [7, 11) is 0. The summed E-state index contributed by atoms with van der Waals surface area (Å²) < 4.78 is 0. The molecule has 0 saturated heterocycles. The Morgan fingerprint density at radius 1 is 1.10 bits per heavy atom. The molecule has 106 valence electrons. The highest BCUT2D eigenvalue weighted by Crippen LogP contribution is 2.18. The lowest BCUT2D eigenvalue weighted by Gasteiger charge is -2.07. The number of amides is 1. The maximum absolute atomic E-state index is 11.3. The molecule has 0 unspecified atom stereocenters. The van der Waals surface area contributed by atoms with E-state index in [-0.39, 0.29) is 5.91 Å². The standard InChI is InChI=1S/C17H16N2OS/c1-2-17(20)19-18-16(14-9-5-3-6-10-14)13-21-15-11-7-4-8-12-15/h2-12H,1,13H2,(H,19,20)/b18-16+. The Kier molecular flexibility index (Phi) is 5.79. The summed E-state index contributed by atoms with van der Waals surface area (Å²) in [5.41, 5.74) is 4.29. The van der Waals surface area contributed by atoms with Crippen LogP contribution in [0.15, 0.2) is 83.3 Å². The van der Waals surface area contributed by atoms with Crippen LogP contribution in [0.25, 0.3) is 0 Å². The number of rotatable bonds is 6. The summed E-state index contributed by atoms with van der Waals surface area (Å²) in [5, 5.41) is 4.20. The number of nitrogens with one attached hydrogen (secondary N) is 1. The van der Waals surface area contributed by atoms with Crippen LogP contribution in [0, 0.1) is 0 Å². The Bertz CT molecular complexity index is 624. The van der Waals surface area contributed by atoms with E-state index in [1.807, 2.05) is 48.5 Å². The lowest BCUT2D eigenvalue weighted by Crippen LogP contribution is -2.18. The Balaban J connectivity index is 2.12. The van der Waals surface area contributed by atoms with Gasteiger partial charge in [0.15, 0.2) is 0 Å². The average molecular weight is 296 g/mol. The van der Waals surface area contributed by atoms with Crippen LogP contribution in [-0.4, -0.2) is 17.4 Å². The first-order chi connectivity index (χ1) is 10.3. The van der Waals surface area contributed by atoms with Crippen LogP contribution in [0.1, 0.15) is 5.56 Å². The second-order valence-electron chi connectivity index (χ2n) is 4.21. The molecule has 3 nitrogen and oxygen atoms in total. The summed E-state index contributed by atoms with van der Waals surface area (Å²) in [6, 6.07) is 19.9. The first-order valence-corrected chi connectivity index (χ1v) is 7.50. The van der Waals surface area contributed by atoms with Gasteiger partial charge < -0.3 is 0 Å². The SMILES string of the molecule is C=CC(=O)N/N=C(\CSc1ccccc1)c1ccccc1. The number of carbonyl (C=O) groups excluding carboxylic acids is 1. The van der Waals surface area contributed by atoms with Gasteiger partial charge in [-0.3, -0.25) is 4.79 Å². The van der Waals surface area contributed by atoms with Crippen LogP contribution in [0.4, 0.5) is 0 Å². The molecule has 0 aromatic heterocycles. The van der Waals surface area contributed by atoms with Crippen molar-refractivity contribution in [2.24, 2.45) is 5.10 Å². The summed E-state index contributed by atoms with van der Waals surface area (Å²) in [5.74, 6) is 0.360. The van der Waals surface area contributed by atoms with Crippen LogP contribution >= 0.6 is 11.8 Å². The zero-order valence-electron chi connectivity index (χ0n) is 11.5. The molecule has 0 aliphatic rings. The Morgan fingerprint density at radius 3 is 2.33 bits per heavy atom. The summed E-state index contributed by atoms with van der Waals surface area (Å²) in [6.07, 6.45) is 1.20. The lowest BCUT2D eigenvalue weighted by atomic mass is 10.1. The third kappa shape index (κ3) is 4.93. The smallest absolute Gasteiger partial charge is 0.263 e. The lowest BCUT2D eigenvalue weighted by molar-refractivity contribution is -0.116. The van der Waals surface area contributed by atoms with Gasteiger partial charge in [0.25, 0.3) is 5.91 Å². The number of hydrogen-bond acceptors (Lipinski definition) is 3. The first-order valence-electron chi connectivity index (χ1n) is 6.52. The predicted octanol–water partition coefficient (Wildman–Crippen LogP) is 3.49. The van der Waals surface area contributed by atoms with Crippen LogP contribution in [0.3, 0.4) is 0 Å². The van der Waals surface area contributed by atoms with Gasteiger partial charge in [-0.2, -0.15) is 5.10 Å². The molecule has 0 saturated carbocycles. The fourth-order valence-corrected chi connectivity index (χ4v) is 2.53. The highest BCUT2D eigenvalue weighted by Gasteiger charge is 2.05. The van der Waals surface area contributed by atoms with Gasteiger partial charge in [-0.15, -0.1) is 11.8 Å². The van der Waals surface area contributed by atoms with E-state index in [1.165, 1.54) is 6.08 Å². The zero-order chi connectivity index (χ0) is 14.9.